The smallest absolute Gasteiger partial charge is 0.335 e. The lowest BCUT2D eigenvalue weighted by Crippen LogP contribution is -2.57. The Bertz CT molecular complexity index is 1430. The molecule has 17 unspecified atom stereocenters. The number of aliphatic hydroxyl groups excluding tert-OH is 6. The Hall–Kier alpha value is -1.79. The van der Waals surface area contributed by atoms with Gasteiger partial charge in [-0.15, -0.1) is 0 Å². The first-order valence-electron chi connectivity index (χ1n) is 21.7. The number of carboxylic acids is 1. The van der Waals surface area contributed by atoms with Gasteiger partial charge in [-0.1, -0.05) is 45.1 Å². The van der Waals surface area contributed by atoms with Gasteiger partial charge >= 0.3 is 5.97 Å². The van der Waals surface area contributed by atoms with Crippen LogP contribution in [-0.4, -0.2) is 138 Å². The van der Waals surface area contributed by atoms with Gasteiger partial charge in [0.2, 0.25) is 5.79 Å². The van der Waals surface area contributed by atoms with E-state index in [4.69, 9.17) is 23.7 Å². The van der Waals surface area contributed by atoms with Crippen LogP contribution < -0.4 is 0 Å². The van der Waals surface area contributed by atoms with E-state index in [1.54, 1.807) is 12.2 Å². The van der Waals surface area contributed by atoms with Crippen molar-refractivity contribution in [2.24, 2.45) is 17.8 Å². The highest BCUT2D eigenvalue weighted by atomic mass is 16.7. The van der Waals surface area contributed by atoms with E-state index in [0.717, 1.165) is 37.7 Å². The van der Waals surface area contributed by atoms with E-state index >= 15 is 0 Å². The summed E-state index contributed by atoms with van der Waals surface area (Å²) >= 11 is 0. The quantitative estimate of drug-likeness (QED) is 0.104. The zero-order valence-electron chi connectivity index (χ0n) is 35.2. The van der Waals surface area contributed by atoms with Gasteiger partial charge in [0.25, 0.3) is 0 Å². The number of hydrogen-bond acceptors (Lipinski definition) is 13. The van der Waals surface area contributed by atoms with Crippen molar-refractivity contribution in [3.63, 3.8) is 0 Å². The third-order valence-electron chi connectivity index (χ3n) is 13.3. The molecule has 4 fully saturated rings. The Balaban J connectivity index is 1.08. The minimum absolute atomic E-state index is 0.0345. The molecular weight excluding hydrogens is 752 g/mol. The fourth-order valence-electron chi connectivity index (χ4n) is 9.56. The summed E-state index contributed by atoms with van der Waals surface area (Å²) in [5, 5.41) is 85.5. The van der Waals surface area contributed by atoms with Gasteiger partial charge in [0.1, 0.15) is 24.4 Å². The van der Waals surface area contributed by atoms with Crippen molar-refractivity contribution in [1.82, 2.24) is 0 Å². The fourth-order valence-corrected chi connectivity index (χ4v) is 9.56. The van der Waals surface area contributed by atoms with Crippen molar-refractivity contribution in [2.45, 2.75) is 209 Å². The van der Waals surface area contributed by atoms with E-state index in [9.17, 15) is 45.6 Å². The number of carbonyl (C=O) groups is 1. The van der Waals surface area contributed by atoms with Gasteiger partial charge in [-0.25, -0.2) is 4.79 Å². The molecule has 0 aromatic rings. The molecule has 0 aliphatic carbocycles. The summed E-state index contributed by atoms with van der Waals surface area (Å²) in [6.07, 6.45) is 3.20. The molecule has 5 aliphatic rings. The van der Waals surface area contributed by atoms with Crippen LogP contribution in [0.5, 0.6) is 0 Å². The Morgan fingerprint density at radius 1 is 1.02 bits per heavy atom. The number of aliphatic carboxylic acids is 1. The van der Waals surface area contributed by atoms with E-state index in [2.05, 4.69) is 13.5 Å². The molecule has 332 valence electrons. The Kier molecular flexibility index (Phi) is 16.2. The predicted octanol–water partition coefficient (Wildman–Crippen LogP) is 3.80. The predicted molar refractivity (Wildman–Crippen MR) is 213 cm³/mol. The Labute approximate surface area is 343 Å². The molecule has 5 rings (SSSR count). The molecule has 14 heteroatoms. The minimum atomic E-state index is -1.99. The third-order valence-corrected chi connectivity index (χ3v) is 13.3. The monoisotopic (exact) mass is 824 g/mol. The van der Waals surface area contributed by atoms with Crippen molar-refractivity contribution in [1.29, 1.82) is 0 Å². The van der Waals surface area contributed by atoms with E-state index in [0.29, 0.717) is 32.3 Å². The van der Waals surface area contributed by atoms with Crippen LogP contribution >= 0.6 is 0 Å². The van der Waals surface area contributed by atoms with Crippen LogP contribution in [0.1, 0.15) is 125 Å². The van der Waals surface area contributed by atoms with Crippen LogP contribution in [-0.2, 0) is 28.5 Å². The van der Waals surface area contributed by atoms with Crippen molar-refractivity contribution < 1.29 is 69.3 Å². The van der Waals surface area contributed by atoms with Gasteiger partial charge in [0, 0.05) is 25.2 Å². The number of ether oxygens (including phenoxy) is 5. The Morgan fingerprint density at radius 2 is 1.76 bits per heavy atom. The number of hydrogen-bond donors (Lipinski definition) is 8. The van der Waals surface area contributed by atoms with Crippen LogP contribution in [0.25, 0.3) is 0 Å². The summed E-state index contributed by atoms with van der Waals surface area (Å²) in [4.78, 5) is 11.5. The first-order valence-corrected chi connectivity index (χ1v) is 21.7. The van der Waals surface area contributed by atoms with Crippen LogP contribution in [0.2, 0.25) is 0 Å². The van der Waals surface area contributed by atoms with Gasteiger partial charge in [0.15, 0.2) is 11.4 Å². The summed E-state index contributed by atoms with van der Waals surface area (Å²) in [7, 11) is 0. The van der Waals surface area contributed by atoms with Crippen molar-refractivity contribution >= 4 is 5.97 Å². The highest BCUT2D eigenvalue weighted by molar-refractivity contribution is 5.76. The molecule has 0 aromatic carbocycles. The number of carboxylic acid groups (broad SMARTS) is 1. The number of rotatable bonds is 16. The molecule has 14 nitrogen and oxygen atoms in total. The molecule has 0 radical (unpaired) electrons. The van der Waals surface area contributed by atoms with Crippen molar-refractivity contribution in [3.8, 4) is 0 Å². The zero-order chi connectivity index (χ0) is 42.6. The van der Waals surface area contributed by atoms with Gasteiger partial charge in [0.05, 0.1) is 49.3 Å². The highest BCUT2D eigenvalue weighted by Crippen LogP contribution is 2.44. The van der Waals surface area contributed by atoms with Crippen LogP contribution in [0, 0.1) is 17.8 Å². The molecule has 17 atom stereocenters. The molecule has 0 saturated carbocycles. The molecule has 2 spiro atoms. The molecule has 5 heterocycles. The Morgan fingerprint density at radius 3 is 2.45 bits per heavy atom. The summed E-state index contributed by atoms with van der Waals surface area (Å²) in [5.41, 5.74) is -0.848. The average Bonchev–Trinajstić information content (AvgIpc) is 3.17. The maximum Gasteiger partial charge on any atom is 0.335 e. The van der Waals surface area contributed by atoms with Crippen LogP contribution in [0.15, 0.2) is 36.0 Å². The second-order valence-electron chi connectivity index (χ2n) is 18.5. The summed E-state index contributed by atoms with van der Waals surface area (Å²) in [6, 6.07) is 0. The highest BCUT2D eigenvalue weighted by Gasteiger charge is 2.50. The maximum atomic E-state index is 11.5. The lowest BCUT2D eigenvalue weighted by molar-refractivity contribution is -0.320. The molecule has 0 aromatic heterocycles. The average molecular weight is 825 g/mol. The first kappa shape index (κ1) is 47.3. The molecule has 0 bridgehead atoms. The van der Waals surface area contributed by atoms with E-state index in [1.807, 2.05) is 26.8 Å². The molecule has 8 N–H and O–H groups in total. The van der Waals surface area contributed by atoms with Gasteiger partial charge in [-0.3, -0.25) is 0 Å². The lowest BCUT2D eigenvalue weighted by atomic mass is 9.80. The maximum absolute atomic E-state index is 11.5. The van der Waals surface area contributed by atoms with Crippen LogP contribution in [0.3, 0.4) is 0 Å². The fraction of sp³-hybridized carbons (Fsp3) is 0.841. The largest absolute Gasteiger partial charge is 0.479 e. The molecule has 0 amide bonds. The van der Waals surface area contributed by atoms with E-state index < -0.39 is 84.2 Å². The van der Waals surface area contributed by atoms with Gasteiger partial charge in [-0.2, -0.15) is 0 Å². The third kappa shape index (κ3) is 11.6. The van der Waals surface area contributed by atoms with E-state index in [-0.39, 0.29) is 61.5 Å². The molecular formula is C44H72O14. The number of aliphatic hydroxyl groups is 7. The SMILES string of the molecule is C=C1C(O)C(O)C(CCC(O)CCC(O)C=CC(C)C2CC(C)=CC3(OC(CC(C)(O)C(=O)O)CCC3O)O2)OC1C(O)CC(C)C1OC2(CCCCO2)CCC1C. The van der Waals surface area contributed by atoms with E-state index in [1.165, 1.54) is 6.92 Å². The second-order valence-corrected chi connectivity index (χ2v) is 18.5. The van der Waals surface area contributed by atoms with Gasteiger partial charge < -0.3 is 64.5 Å². The van der Waals surface area contributed by atoms with Crippen molar-refractivity contribution in [2.75, 3.05) is 6.61 Å². The summed E-state index contributed by atoms with van der Waals surface area (Å²) < 4.78 is 31.5. The summed E-state index contributed by atoms with van der Waals surface area (Å²) in [6.45, 7) is 13.9. The summed E-state index contributed by atoms with van der Waals surface area (Å²) in [5.74, 6) is -3.35. The first-order chi connectivity index (χ1) is 27.2. The lowest BCUT2D eigenvalue weighted by Gasteiger charge is -2.48. The molecule has 5 aliphatic heterocycles. The minimum Gasteiger partial charge on any atom is -0.479 e. The standard InChI is InChI=1S/C44H72O14/c1-25-21-35(57-44(23-25)36(48)16-14-32(56-44)24-42(6,53)41(51)52)26(2)9-10-30(45)11-12-31(46)13-15-34-38(50)37(49)29(5)40(55-34)33(47)22-28(4)39-27(3)17-19-43(58-39)18-7-8-20-54-43/h9-10,23,26-28,30-40,45-50,53H,5,7-8,11-22,24H2,1-4,6H3,(H,51,52). The zero-order valence-corrected chi connectivity index (χ0v) is 35.2. The molecule has 58 heavy (non-hydrogen) atoms. The van der Waals surface area contributed by atoms with Crippen LogP contribution in [0.4, 0.5) is 0 Å². The normalized spacial score (nSPS) is 39.8. The van der Waals surface area contributed by atoms with Gasteiger partial charge in [-0.05, 0) is 108 Å². The topological polar surface area (TPSA) is 225 Å². The second kappa shape index (κ2) is 19.9. The molecule has 4 saturated heterocycles. The van der Waals surface area contributed by atoms with Crippen molar-refractivity contribution in [3.05, 3.63) is 36.0 Å².